The van der Waals surface area contributed by atoms with Crippen LogP contribution in [0.1, 0.15) is 29.0 Å². The molecule has 9 heteroatoms. The summed E-state index contributed by atoms with van der Waals surface area (Å²) >= 11 is 1.54. The van der Waals surface area contributed by atoms with Crippen LogP contribution in [0.25, 0.3) is 5.69 Å². The van der Waals surface area contributed by atoms with Gasteiger partial charge in [-0.1, -0.05) is 48.5 Å². The number of nitrogens with one attached hydrogen (secondary N) is 1. The lowest BCUT2D eigenvalue weighted by molar-refractivity contribution is -0.121. The fraction of sp³-hybridized carbons (Fsp3) is 0.222. The van der Waals surface area contributed by atoms with Crippen LogP contribution >= 0.6 is 11.8 Å². The lowest BCUT2D eigenvalue weighted by Gasteiger charge is -2.31. The quantitative estimate of drug-likeness (QED) is 0.379. The summed E-state index contributed by atoms with van der Waals surface area (Å²) in [5, 5.41) is 15.1. The van der Waals surface area contributed by atoms with E-state index in [1.54, 1.807) is 4.68 Å². The number of hydrogen-bond donors (Lipinski definition) is 1. The van der Waals surface area contributed by atoms with Crippen LogP contribution in [0.15, 0.2) is 89.8 Å². The molecule has 1 aromatic heterocycles. The normalized spacial score (nSPS) is 13.9. The molecule has 3 aromatic carbocycles. The van der Waals surface area contributed by atoms with Gasteiger partial charge in [-0.05, 0) is 59.7 Å². The van der Waals surface area contributed by atoms with Crippen LogP contribution in [-0.4, -0.2) is 50.0 Å². The molecule has 1 fully saturated rings. The number of rotatable bonds is 7. The van der Waals surface area contributed by atoms with Gasteiger partial charge in [0.25, 0.3) is 5.91 Å². The van der Waals surface area contributed by atoms with Crippen molar-refractivity contribution in [2.24, 2.45) is 5.92 Å². The Morgan fingerprint density at radius 2 is 1.56 bits per heavy atom. The number of amides is 2. The number of aromatic nitrogens is 4. The van der Waals surface area contributed by atoms with Crippen LogP contribution in [0.5, 0.6) is 0 Å². The van der Waals surface area contributed by atoms with Gasteiger partial charge in [-0.3, -0.25) is 9.59 Å². The first-order valence-corrected chi connectivity index (χ1v) is 12.9. The zero-order valence-corrected chi connectivity index (χ0v) is 20.5. The summed E-state index contributed by atoms with van der Waals surface area (Å²) < 4.78 is 1.71. The molecule has 0 saturated carbocycles. The number of thioether (sulfide) groups is 1. The Bertz CT molecular complexity index is 1320. The van der Waals surface area contributed by atoms with Crippen molar-refractivity contribution in [1.29, 1.82) is 0 Å². The Morgan fingerprint density at radius 3 is 2.31 bits per heavy atom. The molecule has 182 valence electrons. The van der Waals surface area contributed by atoms with Gasteiger partial charge in [-0.2, -0.15) is 4.68 Å². The number of carbonyl (C=O) groups is 2. The predicted octanol–water partition coefficient (Wildman–Crippen LogP) is 4.45. The molecule has 1 saturated heterocycles. The van der Waals surface area contributed by atoms with E-state index in [-0.39, 0.29) is 17.7 Å². The first kappa shape index (κ1) is 23.7. The lowest BCUT2D eigenvalue weighted by atomic mass is 9.95. The van der Waals surface area contributed by atoms with E-state index in [1.165, 1.54) is 11.8 Å². The topological polar surface area (TPSA) is 93.0 Å². The number of piperidine rings is 1. The highest BCUT2D eigenvalue weighted by Gasteiger charge is 2.29. The first-order valence-electron chi connectivity index (χ1n) is 11.9. The fourth-order valence-electron chi connectivity index (χ4n) is 4.26. The zero-order valence-electron chi connectivity index (χ0n) is 19.7. The summed E-state index contributed by atoms with van der Waals surface area (Å²) in [5.74, 6) is 1.13. The lowest BCUT2D eigenvalue weighted by Crippen LogP contribution is -2.41. The van der Waals surface area contributed by atoms with Crippen LogP contribution < -0.4 is 5.32 Å². The third kappa shape index (κ3) is 5.46. The van der Waals surface area contributed by atoms with E-state index in [0.29, 0.717) is 43.1 Å². The van der Waals surface area contributed by atoms with E-state index in [9.17, 15) is 9.59 Å². The summed E-state index contributed by atoms with van der Waals surface area (Å²) in [7, 11) is 0. The molecule has 4 aromatic rings. The minimum atomic E-state index is -0.101. The van der Waals surface area contributed by atoms with Gasteiger partial charge in [0.2, 0.25) is 5.91 Å². The van der Waals surface area contributed by atoms with Crippen LogP contribution in [0.3, 0.4) is 0 Å². The highest BCUT2D eigenvalue weighted by molar-refractivity contribution is 7.98. The van der Waals surface area contributed by atoms with Gasteiger partial charge in [0.1, 0.15) is 0 Å². The molecular formula is C27H26N6O2S. The molecule has 8 nitrogen and oxygen atoms in total. The summed E-state index contributed by atoms with van der Waals surface area (Å²) in [6.07, 6.45) is 1.29. The molecule has 1 aliphatic rings. The SMILES string of the molecule is O=C(Nc1ccccc1)C1CCN(C(=O)c2ccccc2SCc2nnnn2-c2ccccc2)CC1. The highest BCUT2D eigenvalue weighted by Crippen LogP contribution is 2.29. The van der Waals surface area contributed by atoms with Gasteiger partial charge in [-0.15, -0.1) is 16.9 Å². The summed E-state index contributed by atoms with van der Waals surface area (Å²) in [5.41, 5.74) is 2.35. The molecule has 0 unspecified atom stereocenters. The standard InChI is InChI=1S/C27H26N6O2S/c34-26(28-21-9-3-1-4-10-21)20-15-17-32(18-16-20)27(35)23-13-7-8-14-24(23)36-19-25-29-30-31-33(25)22-11-5-2-6-12-22/h1-14,20H,15-19H2,(H,28,34). The zero-order chi connectivity index (χ0) is 24.7. The van der Waals surface area contributed by atoms with Gasteiger partial charge in [-0.25, -0.2) is 0 Å². The van der Waals surface area contributed by atoms with Crippen molar-refractivity contribution in [3.63, 3.8) is 0 Å². The number of tetrazole rings is 1. The summed E-state index contributed by atoms with van der Waals surface area (Å²) in [6.45, 7) is 1.11. The Balaban J connectivity index is 1.21. The number of benzene rings is 3. The van der Waals surface area contributed by atoms with Crippen LogP contribution in [0, 0.1) is 5.92 Å². The van der Waals surface area contributed by atoms with Crippen molar-refractivity contribution in [1.82, 2.24) is 25.1 Å². The van der Waals surface area contributed by atoms with Crippen molar-refractivity contribution >= 4 is 29.3 Å². The van der Waals surface area contributed by atoms with Gasteiger partial charge in [0.15, 0.2) is 5.82 Å². The number of anilines is 1. The Labute approximate surface area is 213 Å². The molecule has 36 heavy (non-hydrogen) atoms. The Kier molecular flexibility index (Phi) is 7.37. The number of nitrogens with zero attached hydrogens (tertiary/aromatic N) is 5. The highest BCUT2D eigenvalue weighted by atomic mass is 32.2. The number of para-hydroxylation sites is 2. The number of carbonyl (C=O) groups excluding carboxylic acids is 2. The molecule has 0 atom stereocenters. The maximum absolute atomic E-state index is 13.4. The third-order valence-corrected chi connectivity index (χ3v) is 7.27. The van der Waals surface area contributed by atoms with E-state index in [0.717, 1.165) is 16.3 Å². The molecule has 0 spiro atoms. The average molecular weight is 499 g/mol. The minimum Gasteiger partial charge on any atom is -0.339 e. The number of likely N-dealkylation sites (tertiary alicyclic amines) is 1. The molecule has 2 heterocycles. The second kappa shape index (κ2) is 11.2. The van der Waals surface area contributed by atoms with Gasteiger partial charge in [0.05, 0.1) is 17.0 Å². The van der Waals surface area contributed by atoms with Crippen LogP contribution in [0.4, 0.5) is 5.69 Å². The smallest absolute Gasteiger partial charge is 0.254 e. The maximum Gasteiger partial charge on any atom is 0.254 e. The van der Waals surface area contributed by atoms with Gasteiger partial charge in [0, 0.05) is 29.6 Å². The average Bonchev–Trinajstić information content (AvgIpc) is 3.41. The molecule has 5 rings (SSSR count). The molecule has 0 aliphatic carbocycles. The van der Waals surface area contributed by atoms with Crippen molar-refractivity contribution < 1.29 is 9.59 Å². The maximum atomic E-state index is 13.4. The monoisotopic (exact) mass is 498 g/mol. The van der Waals surface area contributed by atoms with Crippen molar-refractivity contribution in [3.8, 4) is 5.69 Å². The first-order chi connectivity index (χ1) is 17.7. The second-order valence-electron chi connectivity index (χ2n) is 8.55. The fourth-order valence-corrected chi connectivity index (χ4v) is 5.21. The molecular weight excluding hydrogens is 472 g/mol. The largest absolute Gasteiger partial charge is 0.339 e. The predicted molar refractivity (Wildman–Crippen MR) is 139 cm³/mol. The van der Waals surface area contributed by atoms with E-state index >= 15 is 0 Å². The molecule has 2 amide bonds. The second-order valence-corrected chi connectivity index (χ2v) is 9.57. The van der Waals surface area contributed by atoms with E-state index in [2.05, 4.69) is 20.8 Å². The van der Waals surface area contributed by atoms with Crippen molar-refractivity contribution in [2.45, 2.75) is 23.5 Å². The summed E-state index contributed by atoms with van der Waals surface area (Å²) in [4.78, 5) is 28.8. The van der Waals surface area contributed by atoms with Gasteiger partial charge < -0.3 is 10.2 Å². The van der Waals surface area contributed by atoms with Gasteiger partial charge >= 0.3 is 0 Å². The Morgan fingerprint density at radius 1 is 0.889 bits per heavy atom. The Hall–Kier alpha value is -3.98. The molecule has 1 aliphatic heterocycles. The summed E-state index contributed by atoms with van der Waals surface area (Å²) in [6, 6.07) is 26.8. The molecule has 0 bridgehead atoms. The molecule has 0 radical (unpaired) electrons. The van der Waals surface area contributed by atoms with Crippen LogP contribution in [-0.2, 0) is 10.5 Å². The van der Waals surface area contributed by atoms with Crippen LogP contribution in [0.2, 0.25) is 0 Å². The van der Waals surface area contributed by atoms with E-state index < -0.39 is 0 Å². The van der Waals surface area contributed by atoms with E-state index in [4.69, 9.17) is 0 Å². The molecule has 1 N–H and O–H groups in total. The van der Waals surface area contributed by atoms with E-state index in [1.807, 2.05) is 89.8 Å². The minimum absolute atomic E-state index is 0.0114. The van der Waals surface area contributed by atoms with Crippen molar-refractivity contribution in [2.75, 3.05) is 18.4 Å². The number of hydrogen-bond acceptors (Lipinski definition) is 6. The van der Waals surface area contributed by atoms with Crippen molar-refractivity contribution in [3.05, 3.63) is 96.3 Å². The third-order valence-electron chi connectivity index (χ3n) is 6.20.